The van der Waals surface area contributed by atoms with Gasteiger partial charge in [-0.15, -0.1) is 23.1 Å². The second-order valence-electron chi connectivity index (χ2n) is 5.19. The van der Waals surface area contributed by atoms with E-state index in [9.17, 15) is 13.2 Å². The van der Waals surface area contributed by atoms with Crippen molar-refractivity contribution >= 4 is 39.0 Å². The summed E-state index contributed by atoms with van der Waals surface area (Å²) in [6.45, 7) is 2.39. The zero-order valence-corrected chi connectivity index (χ0v) is 16.0. The van der Waals surface area contributed by atoms with Crippen molar-refractivity contribution in [1.82, 2.24) is 10.0 Å². The number of hydrogen-bond donors (Lipinski definition) is 2. The molecule has 2 aromatic rings. The van der Waals surface area contributed by atoms with Gasteiger partial charge in [0.15, 0.2) is 0 Å². The Bertz CT molecular complexity index is 800. The number of carbonyl (C=O) groups is 1. The number of hydrogen-bond acceptors (Lipinski definition) is 5. The van der Waals surface area contributed by atoms with Crippen molar-refractivity contribution in [2.24, 2.45) is 0 Å². The zero-order chi connectivity index (χ0) is 17.6. The maximum absolute atomic E-state index is 11.9. The summed E-state index contributed by atoms with van der Waals surface area (Å²) >= 11 is 2.71. The molecule has 1 amide bonds. The van der Waals surface area contributed by atoms with Crippen molar-refractivity contribution in [1.29, 1.82) is 0 Å². The minimum atomic E-state index is -3.41. The van der Waals surface area contributed by atoms with Crippen molar-refractivity contribution < 1.29 is 13.2 Å². The summed E-state index contributed by atoms with van der Waals surface area (Å²) in [5.41, 5.74) is 2.41. The molecule has 0 bridgehead atoms. The number of rotatable bonds is 8. The standard InChI is InChI=1S/C16H20N2O3S3/c1-12-4-3-5-13(8-12)10-22-11-15(19)18-9-14-6-7-16(23-14)24(20,21)17-2/h3-8,17H,9-11H2,1-2H3,(H,18,19). The van der Waals surface area contributed by atoms with Gasteiger partial charge in [-0.2, -0.15) is 0 Å². The zero-order valence-electron chi connectivity index (χ0n) is 13.5. The van der Waals surface area contributed by atoms with Crippen LogP contribution in [0.3, 0.4) is 0 Å². The highest BCUT2D eigenvalue weighted by atomic mass is 32.2. The van der Waals surface area contributed by atoms with Crippen LogP contribution in [0.4, 0.5) is 0 Å². The summed E-state index contributed by atoms with van der Waals surface area (Å²) < 4.78 is 25.9. The SMILES string of the molecule is CNS(=O)(=O)c1ccc(CNC(=O)CSCc2cccc(C)c2)s1. The Labute approximate surface area is 150 Å². The van der Waals surface area contributed by atoms with Gasteiger partial charge < -0.3 is 5.32 Å². The molecule has 130 valence electrons. The van der Waals surface area contributed by atoms with Gasteiger partial charge in [0.25, 0.3) is 0 Å². The van der Waals surface area contributed by atoms with Crippen molar-refractivity contribution in [3.63, 3.8) is 0 Å². The van der Waals surface area contributed by atoms with Crippen LogP contribution in [0.25, 0.3) is 0 Å². The quantitative estimate of drug-likeness (QED) is 0.733. The van der Waals surface area contributed by atoms with Gasteiger partial charge in [-0.25, -0.2) is 13.1 Å². The molecule has 0 radical (unpaired) electrons. The molecule has 0 aliphatic heterocycles. The van der Waals surface area contributed by atoms with E-state index in [-0.39, 0.29) is 10.1 Å². The molecule has 0 aliphatic carbocycles. The molecule has 2 rings (SSSR count). The first-order valence-electron chi connectivity index (χ1n) is 7.33. The van der Waals surface area contributed by atoms with Gasteiger partial charge in [-0.1, -0.05) is 29.8 Å². The van der Waals surface area contributed by atoms with Crippen LogP contribution in [0, 0.1) is 6.92 Å². The topological polar surface area (TPSA) is 75.3 Å². The Balaban J connectivity index is 1.75. The van der Waals surface area contributed by atoms with Gasteiger partial charge in [-0.05, 0) is 31.7 Å². The second kappa shape index (κ2) is 8.66. The third-order valence-corrected chi connectivity index (χ3v) is 7.21. The highest BCUT2D eigenvalue weighted by molar-refractivity contribution is 7.99. The molecule has 1 aromatic heterocycles. The summed E-state index contributed by atoms with van der Waals surface area (Å²) in [5.74, 6) is 1.11. The fourth-order valence-electron chi connectivity index (χ4n) is 2.00. The highest BCUT2D eigenvalue weighted by Gasteiger charge is 2.14. The first-order valence-corrected chi connectivity index (χ1v) is 10.8. The predicted molar refractivity (Wildman–Crippen MR) is 99.8 cm³/mol. The van der Waals surface area contributed by atoms with E-state index in [0.717, 1.165) is 22.0 Å². The molecule has 0 saturated heterocycles. The minimum Gasteiger partial charge on any atom is -0.350 e. The molecule has 1 heterocycles. The summed E-state index contributed by atoms with van der Waals surface area (Å²) in [6, 6.07) is 11.5. The number of thiophene rings is 1. The van der Waals surface area contributed by atoms with Gasteiger partial charge in [0.2, 0.25) is 15.9 Å². The molecule has 1 aromatic carbocycles. The number of carbonyl (C=O) groups excluding carboxylic acids is 1. The molecule has 0 aliphatic rings. The number of nitrogens with one attached hydrogen (secondary N) is 2. The van der Waals surface area contributed by atoms with Crippen LogP contribution in [0.5, 0.6) is 0 Å². The first kappa shape index (κ1) is 19.0. The maximum Gasteiger partial charge on any atom is 0.249 e. The van der Waals surface area contributed by atoms with Crippen molar-refractivity contribution in [2.45, 2.75) is 23.4 Å². The lowest BCUT2D eigenvalue weighted by Crippen LogP contribution is -2.24. The van der Waals surface area contributed by atoms with Crippen LogP contribution in [0.15, 0.2) is 40.6 Å². The minimum absolute atomic E-state index is 0.0564. The Kier molecular flexibility index (Phi) is 6.85. The fourth-order valence-corrected chi connectivity index (χ4v) is 4.94. The molecule has 24 heavy (non-hydrogen) atoms. The van der Waals surface area contributed by atoms with Crippen LogP contribution in [-0.2, 0) is 27.1 Å². The second-order valence-corrected chi connectivity index (χ2v) is 9.45. The molecule has 0 spiro atoms. The van der Waals surface area contributed by atoms with Crippen molar-refractivity contribution in [3.8, 4) is 0 Å². The molecule has 8 heteroatoms. The van der Waals surface area contributed by atoms with E-state index in [1.165, 1.54) is 18.2 Å². The summed E-state index contributed by atoms with van der Waals surface area (Å²) in [5, 5.41) is 2.81. The van der Waals surface area contributed by atoms with E-state index in [2.05, 4.69) is 16.1 Å². The molecule has 0 unspecified atom stereocenters. The van der Waals surface area contributed by atoms with Gasteiger partial charge in [-0.3, -0.25) is 4.79 Å². The van der Waals surface area contributed by atoms with Crippen LogP contribution in [0.1, 0.15) is 16.0 Å². The predicted octanol–water partition coefficient (Wildman–Crippen LogP) is 2.51. The number of aryl methyl sites for hydroxylation is 1. The lowest BCUT2D eigenvalue weighted by Gasteiger charge is -2.05. The third-order valence-electron chi connectivity index (χ3n) is 3.21. The smallest absolute Gasteiger partial charge is 0.249 e. The Morgan fingerprint density at radius 3 is 2.75 bits per heavy atom. The number of amides is 1. The molecular weight excluding hydrogens is 364 g/mol. The van der Waals surface area contributed by atoms with Crippen molar-refractivity contribution in [3.05, 3.63) is 52.4 Å². The Morgan fingerprint density at radius 1 is 1.25 bits per heavy atom. The van der Waals surface area contributed by atoms with Crippen LogP contribution in [0.2, 0.25) is 0 Å². The van der Waals surface area contributed by atoms with E-state index in [4.69, 9.17) is 0 Å². The lowest BCUT2D eigenvalue weighted by atomic mass is 10.2. The lowest BCUT2D eigenvalue weighted by molar-refractivity contribution is -0.118. The van der Waals surface area contributed by atoms with Gasteiger partial charge in [0, 0.05) is 10.6 Å². The number of benzene rings is 1. The molecule has 2 N–H and O–H groups in total. The Morgan fingerprint density at radius 2 is 2.04 bits per heavy atom. The summed E-state index contributed by atoms with van der Waals surface area (Å²) in [4.78, 5) is 12.7. The molecule has 0 saturated carbocycles. The first-order chi connectivity index (χ1) is 11.4. The monoisotopic (exact) mass is 384 g/mol. The fraction of sp³-hybridized carbons (Fsp3) is 0.312. The van der Waals surface area contributed by atoms with E-state index in [1.54, 1.807) is 23.9 Å². The summed E-state index contributed by atoms with van der Waals surface area (Å²) in [6.07, 6.45) is 0. The average Bonchev–Trinajstić information content (AvgIpc) is 3.03. The third kappa shape index (κ3) is 5.62. The molecule has 5 nitrogen and oxygen atoms in total. The largest absolute Gasteiger partial charge is 0.350 e. The molecule has 0 atom stereocenters. The van der Waals surface area contributed by atoms with Crippen LogP contribution < -0.4 is 10.0 Å². The van der Waals surface area contributed by atoms with E-state index >= 15 is 0 Å². The number of thioether (sulfide) groups is 1. The maximum atomic E-state index is 11.9. The molecular formula is C16H20N2O3S3. The van der Waals surface area contributed by atoms with Gasteiger partial charge in [0.05, 0.1) is 12.3 Å². The van der Waals surface area contributed by atoms with E-state index in [1.807, 2.05) is 25.1 Å². The van der Waals surface area contributed by atoms with Gasteiger partial charge >= 0.3 is 0 Å². The van der Waals surface area contributed by atoms with Crippen LogP contribution in [-0.4, -0.2) is 27.1 Å². The van der Waals surface area contributed by atoms with Crippen LogP contribution >= 0.6 is 23.1 Å². The van der Waals surface area contributed by atoms with Crippen molar-refractivity contribution in [2.75, 3.05) is 12.8 Å². The average molecular weight is 385 g/mol. The normalized spacial score (nSPS) is 11.4. The molecule has 0 fully saturated rings. The van der Waals surface area contributed by atoms with Gasteiger partial charge in [0.1, 0.15) is 4.21 Å². The highest BCUT2D eigenvalue weighted by Crippen LogP contribution is 2.21. The Hall–Kier alpha value is -1.35. The summed E-state index contributed by atoms with van der Waals surface area (Å²) in [7, 11) is -2.04. The van der Waals surface area contributed by atoms with E-state index < -0.39 is 10.0 Å². The van der Waals surface area contributed by atoms with E-state index in [0.29, 0.717) is 12.3 Å². The number of sulfonamides is 1.